The lowest BCUT2D eigenvalue weighted by molar-refractivity contribution is 0.124. The highest BCUT2D eigenvalue weighted by Crippen LogP contribution is 2.26. The quantitative estimate of drug-likeness (QED) is 0.716. The first-order valence-corrected chi connectivity index (χ1v) is 10.6. The van der Waals surface area contributed by atoms with Crippen LogP contribution in [-0.2, 0) is 6.54 Å². The fourth-order valence-corrected chi connectivity index (χ4v) is 3.97. The molecule has 1 atom stereocenters. The number of nitrogens with zero attached hydrogens (tertiary/aromatic N) is 2. The van der Waals surface area contributed by atoms with Gasteiger partial charge in [0.25, 0.3) is 0 Å². The van der Waals surface area contributed by atoms with Crippen LogP contribution in [0.5, 0.6) is 5.75 Å². The normalized spacial score (nSPS) is 16.8. The highest BCUT2D eigenvalue weighted by atomic mass is 16.5. The Morgan fingerprint density at radius 1 is 0.964 bits per heavy atom. The Labute approximate surface area is 170 Å². The van der Waals surface area contributed by atoms with Gasteiger partial charge in [0.2, 0.25) is 0 Å². The van der Waals surface area contributed by atoms with E-state index in [9.17, 15) is 0 Å². The van der Waals surface area contributed by atoms with Gasteiger partial charge in [0.05, 0.1) is 7.11 Å². The third-order valence-electron chi connectivity index (χ3n) is 5.68. The Bertz CT molecular complexity index is 711. The van der Waals surface area contributed by atoms with E-state index in [0.29, 0.717) is 5.92 Å². The number of rotatable bonds is 9. The van der Waals surface area contributed by atoms with Gasteiger partial charge in [-0.05, 0) is 42.3 Å². The van der Waals surface area contributed by atoms with Crippen LogP contribution in [0.15, 0.2) is 48.5 Å². The Hall–Kier alpha value is -1.88. The number of benzene rings is 2. The van der Waals surface area contributed by atoms with Gasteiger partial charge in [-0.3, -0.25) is 0 Å². The van der Waals surface area contributed by atoms with Crippen LogP contribution < -0.4 is 10.1 Å². The van der Waals surface area contributed by atoms with Crippen molar-refractivity contribution in [2.24, 2.45) is 5.92 Å². The maximum absolute atomic E-state index is 5.58. The summed E-state index contributed by atoms with van der Waals surface area (Å²) in [6.45, 7) is 13.6. The number of ether oxygens (including phenoxy) is 1. The fraction of sp³-hybridized carbons (Fsp3) is 0.500. The molecule has 4 heteroatoms. The first-order valence-electron chi connectivity index (χ1n) is 10.6. The zero-order valence-electron chi connectivity index (χ0n) is 17.7. The Morgan fingerprint density at radius 3 is 2.36 bits per heavy atom. The van der Waals surface area contributed by atoms with E-state index in [1.807, 2.05) is 0 Å². The monoisotopic (exact) mass is 381 g/mol. The van der Waals surface area contributed by atoms with Crippen LogP contribution >= 0.6 is 0 Å². The smallest absolute Gasteiger partial charge is 0.123 e. The molecular weight excluding hydrogens is 346 g/mol. The molecule has 0 aromatic heterocycles. The standard InChI is InChI=1S/C24H35N3O/c1-4-26-12-14-27(15-13-26)19-20(2)17-25-18-23-16-22(10-11-24(23)28-3)21-8-6-5-7-9-21/h5-11,16,20,25H,4,12-15,17-19H2,1-3H3/t20-/m0/s1. The van der Waals surface area contributed by atoms with E-state index >= 15 is 0 Å². The highest BCUT2D eigenvalue weighted by Gasteiger charge is 2.17. The number of methoxy groups -OCH3 is 1. The van der Waals surface area contributed by atoms with E-state index < -0.39 is 0 Å². The SMILES string of the molecule is CCN1CCN(C[C@@H](C)CNCc2cc(-c3ccccc3)ccc2OC)CC1. The van der Waals surface area contributed by atoms with Crippen LogP contribution in [0.2, 0.25) is 0 Å². The van der Waals surface area contributed by atoms with Crippen LogP contribution in [0.1, 0.15) is 19.4 Å². The van der Waals surface area contributed by atoms with Crippen molar-refractivity contribution >= 4 is 0 Å². The van der Waals surface area contributed by atoms with Crippen molar-refractivity contribution in [3.05, 3.63) is 54.1 Å². The van der Waals surface area contributed by atoms with Crippen LogP contribution in [0.3, 0.4) is 0 Å². The molecule has 1 saturated heterocycles. The number of hydrogen-bond donors (Lipinski definition) is 1. The lowest BCUT2D eigenvalue weighted by atomic mass is 10.0. The summed E-state index contributed by atoms with van der Waals surface area (Å²) in [4.78, 5) is 5.14. The van der Waals surface area contributed by atoms with Gasteiger partial charge in [0.15, 0.2) is 0 Å². The van der Waals surface area contributed by atoms with Crippen molar-refractivity contribution < 1.29 is 4.74 Å². The van der Waals surface area contributed by atoms with Crippen LogP contribution in [0.4, 0.5) is 0 Å². The molecule has 0 spiro atoms. The second kappa shape index (κ2) is 10.6. The zero-order valence-corrected chi connectivity index (χ0v) is 17.7. The molecule has 0 radical (unpaired) electrons. The van der Waals surface area contributed by atoms with Crippen LogP contribution in [-0.4, -0.2) is 62.7 Å². The van der Waals surface area contributed by atoms with E-state index in [2.05, 4.69) is 77.5 Å². The molecule has 28 heavy (non-hydrogen) atoms. The van der Waals surface area contributed by atoms with Crippen molar-refractivity contribution in [2.45, 2.75) is 20.4 Å². The van der Waals surface area contributed by atoms with Crippen LogP contribution in [0.25, 0.3) is 11.1 Å². The molecule has 1 N–H and O–H groups in total. The second-order valence-corrected chi connectivity index (χ2v) is 7.86. The van der Waals surface area contributed by atoms with Crippen molar-refractivity contribution in [2.75, 3.05) is 52.9 Å². The van der Waals surface area contributed by atoms with Gasteiger partial charge in [0.1, 0.15) is 5.75 Å². The minimum Gasteiger partial charge on any atom is -0.496 e. The number of piperazine rings is 1. The number of nitrogens with one attached hydrogen (secondary N) is 1. The third-order valence-corrected chi connectivity index (χ3v) is 5.68. The summed E-state index contributed by atoms with van der Waals surface area (Å²) in [6.07, 6.45) is 0. The van der Waals surface area contributed by atoms with Gasteiger partial charge in [0, 0.05) is 44.8 Å². The molecule has 0 unspecified atom stereocenters. The minimum atomic E-state index is 0.636. The predicted octanol–water partition coefficient (Wildman–Crippen LogP) is 3.73. The molecule has 0 saturated carbocycles. The van der Waals surface area contributed by atoms with E-state index in [-0.39, 0.29) is 0 Å². The molecule has 152 valence electrons. The summed E-state index contributed by atoms with van der Waals surface area (Å²) in [5.74, 6) is 1.59. The summed E-state index contributed by atoms with van der Waals surface area (Å²) in [5.41, 5.74) is 3.69. The van der Waals surface area contributed by atoms with E-state index in [1.165, 1.54) is 56.0 Å². The van der Waals surface area contributed by atoms with Gasteiger partial charge in [-0.25, -0.2) is 0 Å². The van der Waals surface area contributed by atoms with Gasteiger partial charge in [-0.15, -0.1) is 0 Å². The Balaban J connectivity index is 1.51. The molecule has 2 aromatic rings. The molecule has 1 heterocycles. The molecule has 2 aromatic carbocycles. The average molecular weight is 382 g/mol. The van der Waals surface area contributed by atoms with Gasteiger partial charge >= 0.3 is 0 Å². The zero-order chi connectivity index (χ0) is 19.8. The summed E-state index contributed by atoms with van der Waals surface area (Å²) in [5, 5.41) is 3.65. The molecule has 1 aliphatic rings. The molecule has 4 nitrogen and oxygen atoms in total. The Kier molecular flexibility index (Phi) is 7.90. The van der Waals surface area contributed by atoms with E-state index in [4.69, 9.17) is 4.74 Å². The number of likely N-dealkylation sites (N-methyl/N-ethyl adjacent to an activating group) is 1. The summed E-state index contributed by atoms with van der Waals surface area (Å²) >= 11 is 0. The number of hydrogen-bond acceptors (Lipinski definition) is 4. The molecule has 0 amide bonds. The fourth-order valence-electron chi connectivity index (χ4n) is 3.97. The van der Waals surface area contributed by atoms with Crippen molar-refractivity contribution in [1.29, 1.82) is 0 Å². The molecule has 1 fully saturated rings. The lowest BCUT2D eigenvalue weighted by Gasteiger charge is -2.35. The molecule has 0 aliphatic carbocycles. The first-order chi connectivity index (χ1) is 13.7. The summed E-state index contributed by atoms with van der Waals surface area (Å²) < 4.78 is 5.58. The largest absolute Gasteiger partial charge is 0.496 e. The van der Waals surface area contributed by atoms with Crippen molar-refractivity contribution in [3.8, 4) is 16.9 Å². The second-order valence-electron chi connectivity index (χ2n) is 7.86. The maximum atomic E-state index is 5.58. The van der Waals surface area contributed by atoms with E-state index in [1.54, 1.807) is 7.11 Å². The lowest BCUT2D eigenvalue weighted by Crippen LogP contribution is -2.48. The van der Waals surface area contributed by atoms with Gasteiger partial charge in [-0.2, -0.15) is 0 Å². The maximum Gasteiger partial charge on any atom is 0.123 e. The van der Waals surface area contributed by atoms with Crippen LogP contribution in [0, 0.1) is 5.92 Å². The summed E-state index contributed by atoms with van der Waals surface area (Å²) in [7, 11) is 1.75. The van der Waals surface area contributed by atoms with E-state index in [0.717, 1.165) is 18.8 Å². The van der Waals surface area contributed by atoms with Gasteiger partial charge in [-0.1, -0.05) is 50.2 Å². The first kappa shape index (κ1) is 20.8. The third kappa shape index (κ3) is 5.81. The highest BCUT2D eigenvalue weighted by molar-refractivity contribution is 5.65. The molecule has 0 bridgehead atoms. The minimum absolute atomic E-state index is 0.636. The summed E-state index contributed by atoms with van der Waals surface area (Å²) in [6, 6.07) is 17.0. The molecule has 1 aliphatic heterocycles. The van der Waals surface area contributed by atoms with Gasteiger partial charge < -0.3 is 19.9 Å². The Morgan fingerprint density at radius 2 is 1.68 bits per heavy atom. The topological polar surface area (TPSA) is 27.7 Å². The van der Waals surface area contributed by atoms with Crippen molar-refractivity contribution in [3.63, 3.8) is 0 Å². The molecule has 3 rings (SSSR count). The predicted molar refractivity (Wildman–Crippen MR) is 118 cm³/mol. The average Bonchev–Trinajstić information content (AvgIpc) is 2.75. The molecular formula is C24H35N3O. The van der Waals surface area contributed by atoms with Crippen molar-refractivity contribution in [1.82, 2.24) is 15.1 Å².